The molecule has 0 amide bonds. The fourth-order valence-electron chi connectivity index (χ4n) is 1.54. The van der Waals surface area contributed by atoms with E-state index in [2.05, 4.69) is 12.2 Å². The average molecular weight is 247 g/mol. The second-order valence-corrected chi connectivity index (χ2v) is 4.42. The maximum absolute atomic E-state index is 9.57. The van der Waals surface area contributed by atoms with Gasteiger partial charge >= 0.3 is 0 Å². The van der Waals surface area contributed by atoms with E-state index >= 15 is 0 Å². The summed E-state index contributed by atoms with van der Waals surface area (Å²) >= 11 is 0. The molecule has 17 heavy (non-hydrogen) atoms. The van der Waals surface area contributed by atoms with E-state index in [4.69, 9.17) is 9.84 Å². The van der Waals surface area contributed by atoms with Crippen molar-refractivity contribution in [1.82, 2.24) is 5.32 Å². The molecule has 0 heterocycles. The average Bonchev–Trinajstić information content (AvgIpc) is 2.33. The molecule has 0 aromatic rings. The Labute approximate surface area is 105 Å². The van der Waals surface area contributed by atoms with Gasteiger partial charge < -0.3 is 20.3 Å². The summed E-state index contributed by atoms with van der Waals surface area (Å²) in [6, 6.07) is 0. The van der Waals surface area contributed by atoms with Crippen LogP contribution in [0, 0.1) is 0 Å². The van der Waals surface area contributed by atoms with E-state index in [1.807, 2.05) is 0 Å². The minimum Gasteiger partial charge on any atom is -0.396 e. The Morgan fingerprint density at radius 1 is 1.12 bits per heavy atom. The molecule has 4 heteroatoms. The molecule has 4 nitrogen and oxygen atoms in total. The summed E-state index contributed by atoms with van der Waals surface area (Å²) in [5.74, 6) is 0. The lowest BCUT2D eigenvalue weighted by atomic mass is 10.2. The van der Waals surface area contributed by atoms with E-state index in [-0.39, 0.29) is 6.61 Å². The van der Waals surface area contributed by atoms with Crippen LogP contribution in [0.5, 0.6) is 0 Å². The van der Waals surface area contributed by atoms with Crippen LogP contribution in [-0.2, 0) is 4.74 Å². The van der Waals surface area contributed by atoms with Gasteiger partial charge in [0.05, 0.1) is 12.7 Å². The Morgan fingerprint density at radius 3 is 2.65 bits per heavy atom. The first-order valence-electron chi connectivity index (χ1n) is 6.88. The molecule has 0 rings (SSSR count). The van der Waals surface area contributed by atoms with Crippen LogP contribution in [0.4, 0.5) is 0 Å². The minimum absolute atomic E-state index is 0.241. The highest BCUT2D eigenvalue weighted by Gasteiger charge is 2.02. The predicted molar refractivity (Wildman–Crippen MR) is 70.2 cm³/mol. The van der Waals surface area contributed by atoms with E-state index in [0.717, 1.165) is 32.4 Å². The number of aliphatic hydroxyl groups excluding tert-OH is 2. The van der Waals surface area contributed by atoms with Gasteiger partial charge in [0, 0.05) is 19.8 Å². The standard InChI is InChI=1S/C13H29NO3/c1-2-3-4-7-10-17-12-13(16)11-14-8-5-6-9-15/h13-16H,2-12H2,1H3. The molecular weight excluding hydrogens is 218 g/mol. The zero-order valence-corrected chi connectivity index (χ0v) is 11.2. The first-order chi connectivity index (χ1) is 8.31. The Balaban J connectivity index is 3.09. The number of rotatable bonds is 13. The number of unbranched alkanes of at least 4 members (excludes halogenated alkanes) is 4. The van der Waals surface area contributed by atoms with Gasteiger partial charge in [0.2, 0.25) is 0 Å². The third kappa shape index (κ3) is 13.8. The molecule has 0 spiro atoms. The molecule has 0 fully saturated rings. The summed E-state index contributed by atoms with van der Waals surface area (Å²) in [4.78, 5) is 0. The molecule has 0 aromatic heterocycles. The van der Waals surface area contributed by atoms with Crippen LogP contribution in [0.2, 0.25) is 0 Å². The van der Waals surface area contributed by atoms with Crippen molar-refractivity contribution in [2.75, 3.05) is 32.9 Å². The summed E-state index contributed by atoms with van der Waals surface area (Å²) in [6.07, 6.45) is 6.14. The highest BCUT2D eigenvalue weighted by atomic mass is 16.5. The van der Waals surface area contributed by atoms with Crippen molar-refractivity contribution in [1.29, 1.82) is 0 Å². The van der Waals surface area contributed by atoms with Crippen LogP contribution < -0.4 is 5.32 Å². The van der Waals surface area contributed by atoms with Gasteiger partial charge in [-0.15, -0.1) is 0 Å². The highest BCUT2D eigenvalue weighted by molar-refractivity contribution is 4.58. The first kappa shape index (κ1) is 16.8. The second kappa shape index (κ2) is 13.9. The largest absolute Gasteiger partial charge is 0.396 e. The number of aliphatic hydroxyl groups is 2. The summed E-state index contributed by atoms with van der Waals surface area (Å²) in [5.41, 5.74) is 0. The first-order valence-corrected chi connectivity index (χ1v) is 6.88. The van der Waals surface area contributed by atoms with Crippen molar-refractivity contribution in [2.45, 2.75) is 51.6 Å². The molecule has 3 N–H and O–H groups in total. The lowest BCUT2D eigenvalue weighted by Crippen LogP contribution is -2.31. The van der Waals surface area contributed by atoms with Crippen molar-refractivity contribution in [3.63, 3.8) is 0 Å². The Hall–Kier alpha value is -0.160. The van der Waals surface area contributed by atoms with Crippen LogP contribution in [-0.4, -0.2) is 49.2 Å². The summed E-state index contributed by atoms with van der Waals surface area (Å²) in [7, 11) is 0. The van der Waals surface area contributed by atoms with Crippen LogP contribution in [0.15, 0.2) is 0 Å². The smallest absolute Gasteiger partial charge is 0.0897 e. The topological polar surface area (TPSA) is 61.7 Å². The molecule has 0 radical (unpaired) electrons. The second-order valence-electron chi connectivity index (χ2n) is 4.42. The third-order valence-corrected chi connectivity index (χ3v) is 2.59. The summed E-state index contributed by atoms with van der Waals surface area (Å²) in [5, 5.41) is 21.3. The van der Waals surface area contributed by atoms with Crippen LogP contribution in [0.1, 0.15) is 45.4 Å². The van der Waals surface area contributed by atoms with Gasteiger partial charge in [-0.1, -0.05) is 26.2 Å². The molecular formula is C13H29NO3. The number of nitrogens with one attached hydrogen (secondary N) is 1. The lowest BCUT2D eigenvalue weighted by molar-refractivity contribution is 0.0355. The van der Waals surface area contributed by atoms with E-state index in [9.17, 15) is 5.11 Å². The number of hydrogen-bond donors (Lipinski definition) is 3. The van der Waals surface area contributed by atoms with E-state index < -0.39 is 6.10 Å². The van der Waals surface area contributed by atoms with Crippen molar-refractivity contribution in [2.24, 2.45) is 0 Å². The number of ether oxygens (including phenoxy) is 1. The zero-order chi connectivity index (χ0) is 12.8. The van der Waals surface area contributed by atoms with Crippen molar-refractivity contribution in [3.8, 4) is 0 Å². The molecule has 0 saturated carbocycles. The fraction of sp³-hybridized carbons (Fsp3) is 1.00. The molecule has 0 aliphatic heterocycles. The van der Waals surface area contributed by atoms with Crippen molar-refractivity contribution < 1.29 is 14.9 Å². The van der Waals surface area contributed by atoms with Gasteiger partial charge in [0.1, 0.15) is 0 Å². The molecule has 1 atom stereocenters. The van der Waals surface area contributed by atoms with Gasteiger partial charge in [-0.3, -0.25) is 0 Å². The van der Waals surface area contributed by atoms with E-state index in [1.54, 1.807) is 0 Å². The summed E-state index contributed by atoms with van der Waals surface area (Å²) < 4.78 is 5.39. The third-order valence-electron chi connectivity index (χ3n) is 2.59. The van der Waals surface area contributed by atoms with Crippen LogP contribution in [0.3, 0.4) is 0 Å². The maximum atomic E-state index is 9.57. The molecule has 0 aromatic carbocycles. The molecule has 104 valence electrons. The normalized spacial score (nSPS) is 12.9. The Kier molecular flexibility index (Phi) is 13.8. The Bertz CT molecular complexity index is 145. The van der Waals surface area contributed by atoms with Gasteiger partial charge in [-0.25, -0.2) is 0 Å². The predicted octanol–water partition coefficient (Wildman–Crippen LogP) is 1.31. The minimum atomic E-state index is -0.421. The van der Waals surface area contributed by atoms with Gasteiger partial charge in [-0.05, 0) is 25.8 Å². The van der Waals surface area contributed by atoms with E-state index in [0.29, 0.717) is 13.2 Å². The highest BCUT2D eigenvalue weighted by Crippen LogP contribution is 1.99. The summed E-state index contributed by atoms with van der Waals surface area (Å²) in [6.45, 7) is 5.01. The fourth-order valence-corrected chi connectivity index (χ4v) is 1.54. The van der Waals surface area contributed by atoms with Crippen LogP contribution >= 0.6 is 0 Å². The zero-order valence-electron chi connectivity index (χ0n) is 11.2. The molecule has 1 unspecified atom stereocenters. The molecule has 0 bridgehead atoms. The maximum Gasteiger partial charge on any atom is 0.0897 e. The van der Waals surface area contributed by atoms with Gasteiger partial charge in [-0.2, -0.15) is 0 Å². The van der Waals surface area contributed by atoms with E-state index in [1.165, 1.54) is 19.3 Å². The number of hydrogen-bond acceptors (Lipinski definition) is 4. The Morgan fingerprint density at radius 2 is 1.94 bits per heavy atom. The monoisotopic (exact) mass is 247 g/mol. The van der Waals surface area contributed by atoms with Crippen LogP contribution in [0.25, 0.3) is 0 Å². The van der Waals surface area contributed by atoms with Crippen molar-refractivity contribution in [3.05, 3.63) is 0 Å². The molecule has 0 aliphatic rings. The SMILES string of the molecule is CCCCCCOCC(O)CNCCCCO. The molecule has 0 saturated heterocycles. The quantitative estimate of drug-likeness (QED) is 0.429. The van der Waals surface area contributed by atoms with Gasteiger partial charge in [0.15, 0.2) is 0 Å². The van der Waals surface area contributed by atoms with Gasteiger partial charge in [0.25, 0.3) is 0 Å². The van der Waals surface area contributed by atoms with Crippen molar-refractivity contribution >= 4 is 0 Å². The molecule has 0 aliphatic carbocycles. The lowest BCUT2D eigenvalue weighted by Gasteiger charge is -2.12.